The second kappa shape index (κ2) is 9.84. The number of ether oxygens (including phenoxy) is 1. The summed E-state index contributed by atoms with van der Waals surface area (Å²) >= 11 is 1.39. The highest BCUT2D eigenvalue weighted by atomic mass is 32.2. The highest BCUT2D eigenvalue weighted by molar-refractivity contribution is 7.99. The Bertz CT molecular complexity index is 959. The summed E-state index contributed by atoms with van der Waals surface area (Å²) in [5.74, 6) is 2.61. The van der Waals surface area contributed by atoms with E-state index in [4.69, 9.17) is 9.15 Å². The molecule has 30 heavy (non-hydrogen) atoms. The average Bonchev–Trinajstić information content (AvgIpc) is 3.36. The van der Waals surface area contributed by atoms with Crippen LogP contribution in [0.1, 0.15) is 33.5 Å². The summed E-state index contributed by atoms with van der Waals surface area (Å²) in [4.78, 5) is 14.7. The maximum absolute atomic E-state index is 12.8. The van der Waals surface area contributed by atoms with Gasteiger partial charge < -0.3 is 14.1 Å². The molecule has 0 N–H and O–H groups in total. The molecular weight excluding hydrogens is 400 g/mol. The molecule has 0 atom stereocenters. The largest absolute Gasteiger partial charge is 0.497 e. The van der Waals surface area contributed by atoms with Crippen molar-refractivity contribution in [3.05, 3.63) is 48.4 Å². The molecule has 7 nitrogen and oxygen atoms in total. The molecule has 2 aromatic heterocycles. The van der Waals surface area contributed by atoms with Gasteiger partial charge in [-0.1, -0.05) is 23.9 Å². The third-order valence-electron chi connectivity index (χ3n) is 4.66. The van der Waals surface area contributed by atoms with E-state index in [-0.39, 0.29) is 18.0 Å². The Labute approximate surface area is 181 Å². The van der Waals surface area contributed by atoms with Crippen molar-refractivity contribution in [2.75, 3.05) is 12.9 Å². The number of furan rings is 1. The first-order valence-corrected chi connectivity index (χ1v) is 10.9. The lowest BCUT2D eigenvalue weighted by Crippen LogP contribution is -2.43. The number of methoxy groups -OCH3 is 1. The Morgan fingerprint density at radius 1 is 1.17 bits per heavy atom. The van der Waals surface area contributed by atoms with Gasteiger partial charge >= 0.3 is 0 Å². The lowest BCUT2D eigenvalue weighted by Gasteiger charge is -2.30. The minimum Gasteiger partial charge on any atom is -0.497 e. The van der Waals surface area contributed by atoms with Gasteiger partial charge in [-0.25, -0.2) is 0 Å². The lowest BCUT2D eigenvalue weighted by molar-refractivity contribution is -0.131. The number of amides is 1. The SMILES string of the molecule is COc1cccc(-c2nnc(SCC(=O)N(C(C)C)C(C)C)n2Cc2ccco2)c1. The molecule has 0 bridgehead atoms. The maximum atomic E-state index is 12.8. The van der Waals surface area contributed by atoms with Gasteiger partial charge in [0, 0.05) is 17.6 Å². The molecule has 3 rings (SSSR count). The molecule has 0 aliphatic carbocycles. The highest BCUT2D eigenvalue weighted by Gasteiger charge is 2.22. The quantitative estimate of drug-likeness (QED) is 0.472. The van der Waals surface area contributed by atoms with E-state index in [1.54, 1.807) is 13.4 Å². The van der Waals surface area contributed by atoms with Crippen LogP contribution in [0.4, 0.5) is 0 Å². The van der Waals surface area contributed by atoms with Crippen LogP contribution in [0.2, 0.25) is 0 Å². The van der Waals surface area contributed by atoms with Crippen molar-refractivity contribution < 1.29 is 13.9 Å². The summed E-state index contributed by atoms with van der Waals surface area (Å²) in [6.45, 7) is 8.60. The van der Waals surface area contributed by atoms with Crippen molar-refractivity contribution in [2.24, 2.45) is 0 Å². The minimum atomic E-state index is 0.0838. The molecule has 0 spiro atoms. The normalized spacial score (nSPS) is 11.3. The first kappa shape index (κ1) is 22.0. The first-order chi connectivity index (χ1) is 14.4. The van der Waals surface area contributed by atoms with E-state index >= 15 is 0 Å². The molecular formula is C22H28N4O3S. The third kappa shape index (κ3) is 5.05. The number of hydrogen-bond acceptors (Lipinski definition) is 6. The van der Waals surface area contributed by atoms with Crippen LogP contribution in [0.25, 0.3) is 11.4 Å². The summed E-state index contributed by atoms with van der Waals surface area (Å²) in [6.07, 6.45) is 1.64. The zero-order chi connectivity index (χ0) is 21.7. The molecule has 0 aliphatic rings. The van der Waals surface area contributed by atoms with Crippen molar-refractivity contribution >= 4 is 17.7 Å². The summed E-state index contributed by atoms with van der Waals surface area (Å²) in [5.41, 5.74) is 0.887. The Kier molecular flexibility index (Phi) is 7.20. The molecule has 2 heterocycles. The highest BCUT2D eigenvalue weighted by Crippen LogP contribution is 2.28. The number of carbonyl (C=O) groups excluding carboxylic acids is 1. The smallest absolute Gasteiger partial charge is 0.233 e. The number of aromatic nitrogens is 3. The van der Waals surface area contributed by atoms with Gasteiger partial charge in [0.2, 0.25) is 5.91 Å². The van der Waals surface area contributed by atoms with E-state index in [2.05, 4.69) is 10.2 Å². The van der Waals surface area contributed by atoms with Gasteiger partial charge in [0.15, 0.2) is 11.0 Å². The number of thioether (sulfide) groups is 1. The molecule has 0 aliphatic heterocycles. The Balaban J connectivity index is 1.88. The van der Waals surface area contributed by atoms with Crippen LogP contribution in [0.5, 0.6) is 5.75 Å². The topological polar surface area (TPSA) is 73.4 Å². The maximum Gasteiger partial charge on any atom is 0.233 e. The van der Waals surface area contributed by atoms with E-state index in [0.717, 1.165) is 17.1 Å². The van der Waals surface area contributed by atoms with Gasteiger partial charge in [-0.3, -0.25) is 9.36 Å². The van der Waals surface area contributed by atoms with Gasteiger partial charge in [0.1, 0.15) is 11.5 Å². The van der Waals surface area contributed by atoms with Crippen LogP contribution in [-0.2, 0) is 11.3 Å². The predicted molar refractivity (Wildman–Crippen MR) is 118 cm³/mol. The molecule has 0 radical (unpaired) electrons. The van der Waals surface area contributed by atoms with Crippen molar-refractivity contribution in [1.29, 1.82) is 0 Å². The number of benzene rings is 1. The molecule has 1 amide bonds. The Morgan fingerprint density at radius 2 is 1.93 bits per heavy atom. The molecule has 0 saturated heterocycles. The third-order valence-corrected chi connectivity index (χ3v) is 5.62. The second-order valence-electron chi connectivity index (χ2n) is 7.48. The number of carbonyl (C=O) groups is 1. The molecule has 160 valence electrons. The second-order valence-corrected chi connectivity index (χ2v) is 8.42. The summed E-state index contributed by atoms with van der Waals surface area (Å²) in [7, 11) is 1.63. The number of rotatable bonds is 9. The van der Waals surface area contributed by atoms with Crippen molar-refractivity contribution in [3.63, 3.8) is 0 Å². The van der Waals surface area contributed by atoms with Gasteiger partial charge in [-0.2, -0.15) is 0 Å². The van der Waals surface area contributed by atoms with Crippen LogP contribution < -0.4 is 4.74 Å². The van der Waals surface area contributed by atoms with Crippen LogP contribution >= 0.6 is 11.8 Å². The fourth-order valence-electron chi connectivity index (χ4n) is 3.45. The van der Waals surface area contributed by atoms with E-state index < -0.39 is 0 Å². The van der Waals surface area contributed by atoms with Crippen molar-refractivity contribution in [2.45, 2.75) is 51.5 Å². The Morgan fingerprint density at radius 3 is 2.57 bits per heavy atom. The van der Waals surface area contributed by atoms with Gasteiger partial charge in [-0.05, 0) is 52.0 Å². The van der Waals surface area contributed by atoms with Crippen LogP contribution in [0.3, 0.4) is 0 Å². The Hall–Kier alpha value is -2.74. The van der Waals surface area contributed by atoms with Crippen LogP contribution in [-0.4, -0.2) is 50.5 Å². The summed E-state index contributed by atoms with van der Waals surface area (Å²) in [6, 6.07) is 11.7. The summed E-state index contributed by atoms with van der Waals surface area (Å²) in [5, 5.41) is 9.45. The monoisotopic (exact) mass is 428 g/mol. The molecule has 0 unspecified atom stereocenters. The van der Waals surface area contributed by atoms with Gasteiger partial charge in [0.05, 0.1) is 25.7 Å². The number of hydrogen-bond donors (Lipinski definition) is 0. The molecule has 0 fully saturated rings. The van der Waals surface area contributed by atoms with Crippen molar-refractivity contribution in [3.8, 4) is 17.1 Å². The summed E-state index contributed by atoms with van der Waals surface area (Å²) < 4.78 is 12.9. The van der Waals surface area contributed by atoms with E-state index in [1.807, 2.05) is 73.6 Å². The van der Waals surface area contributed by atoms with E-state index in [1.165, 1.54) is 11.8 Å². The van der Waals surface area contributed by atoms with Crippen molar-refractivity contribution in [1.82, 2.24) is 19.7 Å². The van der Waals surface area contributed by atoms with Crippen LogP contribution in [0, 0.1) is 0 Å². The molecule has 3 aromatic rings. The van der Waals surface area contributed by atoms with E-state index in [0.29, 0.717) is 23.3 Å². The van der Waals surface area contributed by atoms with Crippen LogP contribution in [0.15, 0.2) is 52.2 Å². The van der Waals surface area contributed by atoms with Gasteiger partial charge in [-0.15, -0.1) is 10.2 Å². The zero-order valence-corrected chi connectivity index (χ0v) is 18.8. The van der Waals surface area contributed by atoms with E-state index in [9.17, 15) is 4.79 Å². The fourth-order valence-corrected chi connectivity index (χ4v) is 4.25. The average molecular weight is 429 g/mol. The predicted octanol–water partition coefficient (Wildman–Crippen LogP) is 4.33. The first-order valence-electron chi connectivity index (χ1n) is 9.94. The zero-order valence-electron chi connectivity index (χ0n) is 18.0. The lowest BCUT2D eigenvalue weighted by atomic mass is 10.2. The fraction of sp³-hybridized carbons (Fsp3) is 0.409. The molecule has 1 aromatic carbocycles. The standard InChI is InChI=1S/C22H28N4O3S/c1-15(2)26(16(3)4)20(27)14-30-22-24-23-21(17-8-6-9-18(12-17)28-5)25(22)13-19-10-7-11-29-19/h6-12,15-16H,13-14H2,1-5H3. The minimum absolute atomic E-state index is 0.0838. The molecule has 0 saturated carbocycles. The molecule has 8 heteroatoms. The number of nitrogens with zero attached hydrogens (tertiary/aromatic N) is 4. The van der Waals surface area contributed by atoms with Gasteiger partial charge in [0.25, 0.3) is 0 Å².